The summed E-state index contributed by atoms with van der Waals surface area (Å²) in [5, 5.41) is 12.6. The lowest BCUT2D eigenvalue weighted by molar-refractivity contribution is 0.148. The van der Waals surface area contributed by atoms with Crippen LogP contribution in [0.3, 0.4) is 0 Å². The number of unbranched alkanes of at least 4 members (excludes halogenated alkanes) is 1. The van der Waals surface area contributed by atoms with Crippen molar-refractivity contribution in [3.05, 3.63) is 0 Å². The monoisotopic (exact) mass is 143 g/mol. The van der Waals surface area contributed by atoms with Crippen LogP contribution in [0.25, 0.3) is 0 Å². The maximum atomic E-state index is 9.37. The summed E-state index contributed by atoms with van der Waals surface area (Å²) < 4.78 is 0. The van der Waals surface area contributed by atoms with E-state index in [0.717, 1.165) is 25.9 Å². The molecule has 2 N–H and O–H groups in total. The van der Waals surface area contributed by atoms with Gasteiger partial charge in [0, 0.05) is 6.54 Å². The molecular weight excluding hydrogens is 126 g/mol. The van der Waals surface area contributed by atoms with E-state index in [-0.39, 0.29) is 5.60 Å². The predicted octanol–water partition coefficient (Wildman–Crippen LogP) is 0.901. The Kier molecular flexibility index (Phi) is 2.69. The van der Waals surface area contributed by atoms with Gasteiger partial charge in [0.25, 0.3) is 0 Å². The number of nitrogens with one attached hydrogen (secondary N) is 1. The highest BCUT2D eigenvalue weighted by atomic mass is 16.3. The predicted molar refractivity (Wildman–Crippen MR) is 42.0 cm³/mol. The Morgan fingerprint density at radius 1 is 1.50 bits per heavy atom. The van der Waals surface area contributed by atoms with Gasteiger partial charge in [-0.25, -0.2) is 0 Å². The molecule has 0 aromatic rings. The Morgan fingerprint density at radius 2 is 2.20 bits per heavy atom. The molecule has 0 aromatic carbocycles. The Hall–Kier alpha value is -0.0800. The summed E-state index contributed by atoms with van der Waals surface area (Å²) in [5.74, 6) is 0. The molecule has 0 bridgehead atoms. The average molecular weight is 143 g/mol. The van der Waals surface area contributed by atoms with Gasteiger partial charge in [-0.3, -0.25) is 0 Å². The molecule has 0 aromatic heterocycles. The molecule has 0 radical (unpaired) electrons. The maximum Gasteiger partial charge on any atom is 0.0773 e. The molecule has 1 rings (SSSR count). The molecule has 1 aliphatic rings. The molecule has 0 amide bonds. The third-order valence-electron chi connectivity index (χ3n) is 1.99. The van der Waals surface area contributed by atoms with Crippen LogP contribution >= 0.6 is 0 Å². The van der Waals surface area contributed by atoms with Crippen molar-refractivity contribution in [3.8, 4) is 0 Å². The van der Waals surface area contributed by atoms with Gasteiger partial charge in [0.1, 0.15) is 0 Å². The topological polar surface area (TPSA) is 32.3 Å². The molecule has 0 unspecified atom stereocenters. The van der Waals surface area contributed by atoms with Gasteiger partial charge in [0.05, 0.1) is 5.60 Å². The molecule has 1 fully saturated rings. The van der Waals surface area contributed by atoms with Gasteiger partial charge in [-0.15, -0.1) is 0 Å². The van der Waals surface area contributed by atoms with Crippen molar-refractivity contribution in [2.75, 3.05) is 13.1 Å². The summed E-state index contributed by atoms with van der Waals surface area (Å²) in [4.78, 5) is 0. The molecule has 0 aliphatic heterocycles. The number of rotatable bonds is 5. The number of hydrogen-bond donors (Lipinski definition) is 2. The molecule has 60 valence electrons. The fourth-order valence-electron chi connectivity index (χ4n) is 0.944. The lowest BCUT2D eigenvalue weighted by Crippen LogP contribution is -2.28. The van der Waals surface area contributed by atoms with Crippen LogP contribution in [0, 0.1) is 0 Å². The Labute approximate surface area is 62.6 Å². The molecule has 0 heterocycles. The van der Waals surface area contributed by atoms with Crippen LogP contribution in [0.2, 0.25) is 0 Å². The second-order valence-electron chi connectivity index (χ2n) is 3.25. The van der Waals surface area contributed by atoms with E-state index in [4.69, 9.17) is 0 Å². The largest absolute Gasteiger partial charge is 0.389 e. The van der Waals surface area contributed by atoms with Gasteiger partial charge in [-0.05, 0) is 25.8 Å². The van der Waals surface area contributed by atoms with Crippen LogP contribution in [0.15, 0.2) is 0 Å². The van der Waals surface area contributed by atoms with Crippen LogP contribution in [0.1, 0.15) is 32.6 Å². The normalized spacial score (nSPS) is 21.0. The highest BCUT2D eigenvalue weighted by Crippen LogP contribution is 2.33. The summed E-state index contributed by atoms with van der Waals surface area (Å²) in [5.41, 5.74) is -0.312. The van der Waals surface area contributed by atoms with Crippen LogP contribution in [-0.4, -0.2) is 23.8 Å². The van der Waals surface area contributed by atoms with Crippen molar-refractivity contribution in [2.24, 2.45) is 0 Å². The Morgan fingerprint density at radius 3 is 2.70 bits per heavy atom. The Balaban J connectivity index is 1.86. The van der Waals surface area contributed by atoms with Gasteiger partial charge < -0.3 is 10.4 Å². The maximum absolute atomic E-state index is 9.37. The van der Waals surface area contributed by atoms with Crippen LogP contribution < -0.4 is 5.32 Å². The summed E-state index contributed by atoms with van der Waals surface area (Å²) in [7, 11) is 0. The molecule has 1 aliphatic carbocycles. The minimum atomic E-state index is -0.312. The molecule has 0 atom stereocenters. The minimum Gasteiger partial charge on any atom is -0.389 e. The molecule has 2 heteroatoms. The van der Waals surface area contributed by atoms with E-state index < -0.39 is 0 Å². The van der Waals surface area contributed by atoms with Crippen LogP contribution in [0.5, 0.6) is 0 Å². The van der Waals surface area contributed by atoms with Crippen molar-refractivity contribution in [3.63, 3.8) is 0 Å². The smallest absolute Gasteiger partial charge is 0.0773 e. The van der Waals surface area contributed by atoms with E-state index in [9.17, 15) is 5.11 Å². The van der Waals surface area contributed by atoms with Gasteiger partial charge >= 0.3 is 0 Å². The van der Waals surface area contributed by atoms with E-state index in [1.165, 1.54) is 12.8 Å². The standard InChI is InChI=1S/C8H17NO/c1-2-3-6-9-7-8(10)4-5-8/h9-10H,2-7H2,1H3. The lowest BCUT2D eigenvalue weighted by atomic mass is 10.3. The summed E-state index contributed by atoms with van der Waals surface area (Å²) in [6.45, 7) is 4.03. The fourth-order valence-corrected chi connectivity index (χ4v) is 0.944. The molecule has 2 nitrogen and oxygen atoms in total. The van der Waals surface area contributed by atoms with E-state index in [2.05, 4.69) is 12.2 Å². The first-order valence-corrected chi connectivity index (χ1v) is 4.20. The van der Waals surface area contributed by atoms with Crippen LogP contribution in [0.4, 0.5) is 0 Å². The van der Waals surface area contributed by atoms with E-state index >= 15 is 0 Å². The highest BCUT2D eigenvalue weighted by molar-refractivity contribution is 4.94. The van der Waals surface area contributed by atoms with Gasteiger partial charge in [0.15, 0.2) is 0 Å². The fraction of sp³-hybridized carbons (Fsp3) is 1.00. The second-order valence-corrected chi connectivity index (χ2v) is 3.25. The van der Waals surface area contributed by atoms with Crippen molar-refractivity contribution in [1.29, 1.82) is 0 Å². The van der Waals surface area contributed by atoms with Gasteiger partial charge in [0.2, 0.25) is 0 Å². The third-order valence-corrected chi connectivity index (χ3v) is 1.99. The summed E-state index contributed by atoms with van der Waals surface area (Å²) in [6.07, 6.45) is 4.43. The zero-order chi connectivity index (χ0) is 7.45. The molecule has 10 heavy (non-hydrogen) atoms. The second kappa shape index (κ2) is 3.35. The number of hydrogen-bond acceptors (Lipinski definition) is 2. The summed E-state index contributed by atoms with van der Waals surface area (Å²) in [6, 6.07) is 0. The van der Waals surface area contributed by atoms with Crippen LogP contribution in [-0.2, 0) is 0 Å². The van der Waals surface area contributed by atoms with Gasteiger partial charge in [-0.1, -0.05) is 13.3 Å². The summed E-state index contributed by atoms with van der Waals surface area (Å²) >= 11 is 0. The van der Waals surface area contributed by atoms with Crippen molar-refractivity contribution < 1.29 is 5.11 Å². The zero-order valence-corrected chi connectivity index (χ0v) is 6.69. The minimum absolute atomic E-state index is 0.312. The van der Waals surface area contributed by atoms with Crippen molar-refractivity contribution >= 4 is 0 Å². The first-order chi connectivity index (χ1) is 4.77. The average Bonchev–Trinajstić information content (AvgIpc) is 2.62. The van der Waals surface area contributed by atoms with E-state index in [1.807, 2.05) is 0 Å². The van der Waals surface area contributed by atoms with E-state index in [0.29, 0.717) is 0 Å². The SMILES string of the molecule is CCCCNCC1(O)CC1. The molecule has 0 spiro atoms. The zero-order valence-electron chi connectivity index (χ0n) is 6.69. The first-order valence-electron chi connectivity index (χ1n) is 4.20. The lowest BCUT2D eigenvalue weighted by Gasteiger charge is -2.07. The molecule has 1 saturated carbocycles. The quantitative estimate of drug-likeness (QED) is 0.560. The van der Waals surface area contributed by atoms with E-state index in [1.54, 1.807) is 0 Å². The van der Waals surface area contributed by atoms with Crippen molar-refractivity contribution in [1.82, 2.24) is 5.32 Å². The van der Waals surface area contributed by atoms with Crippen molar-refractivity contribution in [2.45, 2.75) is 38.2 Å². The third kappa shape index (κ3) is 2.67. The molecule has 0 saturated heterocycles. The highest BCUT2D eigenvalue weighted by Gasteiger charge is 2.39. The number of aliphatic hydroxyl groups is 1. The first kappa shape index (κ1) is 8.02. The molecular formula is C8H17NO. The van der Waals surface area contributed by atoms with Gasteiger partial charge in [-0.2, -0.15) is 0 Å². The Bertz CT molecular complexity index is 99.4.